The van der Waals surface area contributed by atoms with Crippen LogP contribution in [0.1, 0.15) is 5.56 Å². The molecule has 0 aliphatic carbocycles. The number of hydrogen-bond donors (Lipinski definition) is 0. The quantitative estimate of drug-likeness (QED) is 0.768. The monoisotopic (exact) mass is 263 g/mol. The number of aliphatic imine (C=N–C) groups is 1. The van der Waals surface area contributed by atoms with E-state index < -0.39 is 0 Å². The molecule has 0 unspecified atom stereocenters. The zero-order valence-electron chi connectivity index (χ0n) is 9.01. The highest BCUT2D eigenvalue weighted by atomic mass is 35.5. The Labute approximate surface area is 109 Å². The van der Waals surface area contributed by atoms with Gasteiger partial charge in [-0.3, -0.25) is 0 Å². The van der Waals surface area contributed by atoms with Crippen LogP contribution < -0.4 is 0 Å². The van der Waals surface area contributed by atoms with Gasteiger partial charge in [-0.1, -0.05) is 30.3 Å². The number of thioether (sulfide) groups is 1. The minimum Gasteiger partial charge on any atom is -0.237 e. The molecule has 0 radical (unpaired) electrons. The van der Waals surface area contributed by atoms with Crippen LogP contribution in [0, 0.1) is 0 Å². The van der Waals surface area contributed by atoms with Crippen molar-refractivity contribution in [3.63, 3.8) is 0 Å². The van der Waals surface area contributed by atoms with E-state index >= 15 is 0 Å². The molecule has 3 nitrogen and oxygen atoms in total. The summed E-state index contributed by atoms with van der Waals surface area (Å²) in [6.45, 7) is 0.754. The third-order valence-electron chi connectivity index (χ3n) is 2.52. The smallest absolute Gasteiger partial charge is 0.191 e. The zero-order valence-corrected chi connectivity index (χ0v) is 10.6. The number of hydrogen-bond acceptors (Lipinski definition) is 4. The van der Waals surface area contributed by atoms with Crippen LogP contribution in [0.5, 0.6) is 0 Å². The van der Waals surface area contributed by atoms with E-state index in [2.05, 4.69) is 22.2 Å². The first-order valence-electron chi connectivity index (χ1n) is 5.30. The standard InChI is InChI=1S/C12H10ClN3S/c13-8-10-6-7-16-12(14-10)17-11(15-16)9-4-2-1-3-5-9/h1-6H,7-8H2. The highest BCUT2D eigenvalue weighted by molar-refractivity contribution is 8.27. The Hall–Kier alpha value is -1.26. The topological polar surface area (TPSA) is 28.0 Å². The van der Waals surface area contributed by atoms with Crippen LogP contribution in [0.3, 0.4) is 0 Å². The van der Waals surface area contributed by atoms with Crippen molar-refractivity contribution in [1.29, 1.82) is 0 Å². The van der Waals surface area contributed by atoms with Crippen LogP contribution >= 0.6 is 23.4 Å². The lowest BCUT2D eigenvalue weighted by Gasteiger charge is -2.16. The van der Waals surface area contributed by atoms with Crippen LogP contribution in [-0.2, 0) is 0 Å². The maximum absolute atomic E-state index is 5.78. The largest absolute Gasteiger partial charge is 0.237 e. The number of alkyl halides is 1. The molecule has 86 valence electrons. The summed E-state index contributed by atoms with van der Waals surface area (Å²) in [4.78, 5) is 4.46. The van der Waals surface area contributed by atoms with E-state index in [0.717, 1.165) is 28.0 Å². The molecule has 0 fully saturated rings. The SMILES string of the molecule is ClCC1=CCN2N=C(c3ccccc3)SC2=N1. The summed E-state index contributed by atoms with van der Waals surface area (Å²) >= 11 is 7.38. The molecule has 0 aromatic heterocycles. The molecule has 5 heteroatoms. The van der Waals surface area contributed by atoms with Crippen molar-refractivity contribution in [3.05, 3.63) is 47.7 Å². The minimum atomic E-state index is 0.457. The molecule has 0 bridgehead atoms. The lowest BCUT2D eigenvalue weighted by Crippen LogP contribution is -2.23. The Bertz CT molecular complexity index is 522. The van der Waals surface area contributed by atoms with Gasteiger partial charge in [0.1, 0.15) is 5.04 Å². The van der Waals surface area contributed by atoms with Crippen molar-refractivity contribution in [2.24, 2.45) is 10.1 Å². The molecular formula is C12H10ClN3S. The van der Waals surface area contributed by atoms with E-state index in [1.54, 1.807) is 11.8 Å². The number of nitrogens with zero attached hydrogens (tertiary/aromatic N) is 3. The Kier molecular flexibility index (Phi) is 2.91. The van der Waals surface area contributed by atoms with E-state index in [4.69, 9.17) is 11.6 Å². The van der Waals surface area contributed by atoms with Gasteiger partial charge in [-0.2, -0.15) is 5.10 Å². The lowest BCUT2D eigenvalue weighted by molar-refractivity contribution is 0.502. The van der Waals surface area contributed by atoms with Crippen molar-refractivity contribution < 1.29 is 0 Å². The molecule has 2 heterocycles. The van der Waals surface area contributed by atoms with Crippen LogP contribution in [0.25, 0.3) is 0 Å². The zero-order chi connectivity index (χ0) is 11.7. The van der Waals surface area contributed by atoms with Gasteiger partial charge in [-0.25, -0.2) is 10.0 Å². The van der Waals surface area contributed by atoms with Crippen LogP contribution in [-0.4, -0.2) is 27.6 Å². The van der Waals surface area contributed by atoms with Crippen molar-refractivity contribution in [1.82, 2.24) is 5.01 Å². The van der Waals surface area contributed by atoms with E-state index in [0.29, 0.717) is 5.88 Å². The average molecular weight is 264 g/mol. The number of halogens is 1. The minimum absolute atomic E-state index is 0.457. The molecular weight excluding hydrogens is 254 g/mol. The maximum Gasteiger partial charge on any atom is 0.191 e. The second-order valence-corrected chi connectivity index (χ2v) is 4.90. The molecule has 0 N–H and O–H groups in total. The fourth-order valence-corrected chi connectivity index (χ4v) is 2.77. The first-order valence-corrected chi connectivity index (χ1v) is 6.65. The summed E-state index contributed by atoms with van der Waals surface area (Å²) in [5.74, 6) is 0.457. The van der Waals surface area contributed by atoms with Gasteiger partial charge in [0.25, 0.3) is 0 Å². The molecule has 0 saturated carbocycles. The van der Waals surface area contributed by atoms with Crippen molar-refractivity contribution in [2.45, 2.75) is 0 Å². The molecule has 2 aliphatic heterocycles. The van der Waals surface area contributed by atoms with Gasteiger partial charge in [-0.05, 0) is 17.8 Å². The second-order valence-electron chi connectivity index (χ2n) is 3.68. The molecule has 1 aromatic rings. The van der Waals surface area contributed by atoms with E-state index in [1.165, 1.54) is 0 Å². The van der Waals surface area contributed by atoms with Gasteiger partial charge in [-0.15, -0.1) is 11.6 Å². The summed E-state index contributed by atoms with van der Waals surface area (Å²) in [6, 6.07) is 10.1. The van der Waals surface area contributed by atoms with Crippen LogP contribution in [0.4, 0.5) is 0 Å². The predicted octanol–water partition coefficient (Wildman–Crippen LogP) is 2.89. The van der Waals surface area contributed by atoms with E-state index in [1.807, 2.05) is 29.3 Å². The highest BCUT2D eigenvalue weighted by Gasteiger charge is 2.25. The maximum atomic E-state index is 5.78. The van der Waals surface area contributed by atoms with Crippen molar-refractivity contribution in [2.75, 3.05) is 12.4 Å². The third-order valence-corrected chi connectivity index (χ3v) is 3.79. The van der Waals surface area contributed by atoms with Gasteiger partial charge >= 0.3 is 0 Å². The highest BCUT2D eigenvalue weighted by Crippen LogP contribution is 2.28. The molecule has 0 spiro atoms. The fourth-order valence-electron chi connectivity index (χ4n) is 1.65. The molecule has 0 atom stereocenters. The number of allylic oxidation sites excluding steroid dienone is 1. The van der Waals surface area contributed by atoms with Gasteiger partial charge in [0.05, 0.1) is 18.1 Å². The number of rotatable bonds is 2. The van der Waals surface area contributed by atoms with Gasteiger partial charge < -0.3 is 0 Å². The molecule has 17 heavy (non-hydrogen) atoms. The second kappa shape index (κ2) is 4.55. The summed E-state index contributed by atoms with van der Waals surface area (Å²) in [5.41, 5.74) is 2.05. The van der Waals surface area contributed by atoms with Gasteiger partial charge in [0, 0.05) is 5.56 Å². The third kappa shape index (κ3) is 2.10. The number of hydrazone groups is 1. The van der Waals surface area contributed by atoms with Gasteiger partial charge in [0.15, 0.2) is 5.17 Å². The number of fused-ring (bicyclic) bond motifs is 1. The Morgan fingerprint density at radius 1 is 1.29 bits per heavy atom. The number of amidine groups is 1. The number of benzene rings is 1. The summed E-state index contributed by atoms with van der Waals surface area (Å²) < 4.78 is 0. The van der Waals surface area contributed by atoms with Gasteiger partial charge in [0.2, 0.25) is 0 Å². The summed E-state index contributed by atoms with van der Waals surface area (Å²) in [5, 5.41) is 8.36. The van der Waals surface area contributed by atoms with E-state index in [-0.39, 0.29) is 0 Å². The first-order chi connectivity index (χ1) is 8.36. The first kappa shape index (κ1) is 10.9. The normalized spacial score (nSPS) is 18.4. The average Bonchev–Trinajstić information content (AvgIpc) is 2.82. The molecule has 0 saturated heterocycles. The molecule has 0 amide bonds. The Morgan fingerprint density at radius 3 is 2.88 bits per heavy atom. The summed E-state index contributed by atoms with van der Waals surface area (Å²) in [6.07, 6.45) is 2.01. The van der Waals surface area contributed by atoms with Crippen molar-refractivity contribution >= 4 is 33.6 Å². The Morgan fingerprint density at radius 2 is 2.12 bits per heavy atom. The molecule has 1 aromatic carbocycles. The Balaban J connectivity index is 1.86. The van der Waals surface area contributed by atoms with Crippen molar-refractivity contribution in [3.8, 4) is 0 Å². The van der Waals surface area contributed by atoms with Crippen LogP contribution in [0.15, 0.2) is 52.2 Å². The van der Waals surface area contributed by atoms with Crippen LogP contribution in [0.2, 0.25) is 0 Å². The molecule has 2 aliphatic rings. The summed E-state index contributed by atoms with van der Waals surface area (Å²) in [7, 11) is 0. The molecule has 3 rings (SSSR count). The predicted molar refractivity (Wildman–Crippen MR) is 73.5 cm³/mol. The van der Waals surface area contributed by atoms with E-state index in [9.17, 15) is 0 Å². The lowest BCUT2D eigenvalue weighted by atomic mass is 10.2. The fraction of sp³-hybridized carbons (Fsp3) is 0.167.